The van der Waals surface area contributed by atoms with Gasteiger partial charge in [-0.2, -0.15) is 0 Å². The number of piperidine rings is 1. The number of amides is 2. The topological polar surface area (TPSA) is 83.6 Å². The average molecular weight is 330 g/mol. The zero-order valence-corrected chi connectivity index (χ0v) is 14.0. The molecule has 0 unspecified atom stereocenters. The molecule has 3 rings (SSSR count). The molecule has 1 heterocycles. The standard InChI is InChI=1S/C19H26N2O3/c20-18(23)13-8-10-14(11-9-13)19(24)21-12-4-3-6-16(21)15-5-1-2-7-17(15)22/h8-11,15-17,22H,1-7,12H2,(H2,20,23)/t15-,16+,17+/m0/s1. The van der Waals surface area contributed by atoms with Gasteiger partial charge in [-0.3, -0.25) is 9.59 Å². The summed E-state index contributed by atoms with van der Waals surface area (Å²) in [5.41, 5.74) is 6.24. The predicted octanol–water partition coefficient (Wildman–Crippen LogP) is 2.33. The Labute approximate surface area is 142 Å². The Kier molecular flexibility index (Phi) is 5.19. The van der Waals surface area contributed by atoms with Crippen LogP contribution in [0.25, 0.3) is 0 Å². The van der Waals surface area contributed by atoms with Crippen molar-refractivity contribution in [2.45, 2.75) is 57.1 Å². The van der Waals surface area contributed by atoms with Crippen LogP contribution in [0.4, 0.5) is 0 Å². The lowest BCUT2D eigenvalue weighted by Crippen LogP contribution is -2.51. The molecule has 0 spiro atoms. The van der Waals surface area contributed by atoms with Gasteiger partial charge < -0.3 is 15.7 Å². The summed E-state index contributed by atoms with van der Waals surface area (Å²) in [6, 6.07) is 6.67. The van der Waals surface area contributed by atoms with Gasteiger partial charge in [0, 0.05) is 29.6 Å². The lowest BCUT2D eigenvalue weighted by molar-refractivity contribution is -0.00128. The van der Waals surface area contributed by atoms with Gasteiger partial charge >= 0.3 is 0 Å². The summed E-state index contributed by atoms with van der Waals surface area (Å²) in [6.07, 6.45) is 6.83. The first-order valence-electron chi connectivity index (χ1n) is 8.97. The van der Waals surface area contributed by atoms with E-state index in [1.54, 1.807) is 24.3 Å². The van der Waals surface area contributed by atoms with E-state index in [1.807, 2.05) is 4.90 Å². The Morgan fingerprint density at radius 3 is 2.25 bits per heavy atom. The van der Waals surface area contributed by atoms with Gasteiger partial charge in [-0.05, 0) is 56.4 Å². The molecule has 24 heavy (non-hydrogen) atoms. The highest BCUT2D eigenvalue weighted by Crippen LogP contribution is 2.34. The SMILES string of the molecule is NC(=O)c1ccc(C(=O)N2CCCC[C@@H]2[C@@H]2CCCC[C@H]2O)cc1. The van der Waals surface area contributed by atoms with Crippen molar-refractivity contribution in [1.82, 2.24) is 4.90 Å². The molecule has 3 N–H and O–H groups in total. The second kappa shape index (κ2) is 7.34. The van der Waals surface area contributed by atoms with Crippen LogP contribution in [0.2, 0.25) is 0 Å². The third-order valence-electron chi connectivity index (χ3n) is 5.50. The molecule has 1 aromatic carbocycles. The van der Waals surface area contributed by atoms with E-state index in [0.717, 1.165) is 51.5 Å². The largest absolute Gasteiger partial charge is 0.393 e. The van der Waals surface area contributed by atoms with E-state index in [0.29, 0.717) is 11.1 Å². The normalized spacial score (nSPS) is 27.7. The molecule has 5 nitrogen and oxygen atoms in total. The Hall–Kier alpha value is -1.88. The molecule has 0 bridgehead atoms. The summed E-state index contributed by atoms with van der Waals surface area (Å²) in [5, 5.41) is 10.4. The van der Waals surface area contributed by atoms with Gasteiger partial charge in [-0.25, -0.2) is 0 Å². The van der Waals surface area contributed by atoms with E-state index in [2.05, 4.69) is 0 Å². The second-order valence-electron chi connectivity index (χ2n) is 7.02. The highest BCUT2D eigenvalue weighted by Gasteiger charge is 2.37. The maximum atomic E-state index is 13.0. The minimum atomic E-state index is -0.491. The number of nitrogens with zero attached hydrogens (tertiary/aromatic N) is 1. The van der Waals surface area contributed by atoms with E-state index in [4.69, 9.17) is 5.73 Å². The van der Waals surface area contributed by atoms with Crippen molar-refractivity contribution >= 4 is 11.8 Å². The zero-order chi connectivity index (χ0) is 17.1. The number of aliphatic hydroxyl groups is 1. The number of hydrogen-bond donors (Lipinski definition) is 2. The lowest BCUT2D eigenvalue weighted by Gasteiger charge is -2.43. The fourth-order valence-electron chi connectivity index (χ4n) is 4.19. The summed E-state index contributed by atoms with van der Waals surface area (Å²) in [4.78, 5) is 26.1. The van der Waals surface area contributed by atoms with Gasteiger partial charge in [0.15, 0.2) is 0 Å². The smallest absolute Gasteiger partial charge is 0.254 e. The van der Waals surface area contributed by atoms with Gasteiger partial charge in [-0.15, -0.1) is 0 Å². The number of likely N-dealkylation sites (tertiary alicyclic amines) is 1. The maximum Gasteiger partial charge on any atom is 0.254 e. The average Bonchev–Trinajstić information content (AvgIpc) is 2.62. The highest BCUT2D eigenvalue weighted by molar-refractivity contribution is 5.97. The zero-order valence-electron chi connectivity index (χ0n) is 14.0. The number of primary amides is 1. The van der Waals surface area contributed by atoms with Gasteiger partial charge in [-0.1, -0.05) is 12.8 Å². The number of carbonyl (C=O) groups excluding carboxylic acids is 2. The van der Waals surface area contributed by atoms with Crippen LogP contribution in [0.15, 0.2) is 24.3 Å². The molecule has 0 aromatic heterocycles. The number of benzene rings is 1. The number of hydrogen-bond acceptors (Lipinski definition) is 3. The summed E-state index contributed by atoms with van der Waals surface area (Å²) < 4.78 is 0. The number of carbonyl (C=O) groups is 2. The van der Waals surface area contributed by atoms with E-state index in [-0.39, 0.29) is 24.0 Å². The fourth-order valence-corrected chi connectivity index (χ4v) is 4.19. The Balaban J connectivity index is 1.79. The van der Waals surface area contributed by atoms with E-state index < -0.39 is 5.91 Å². The number of aliphatic hydroxyl groups excluding tert-OH is 1. The summed E-state index contributed by atoms with van der Waals surface area (Å²) in [5.74, 6) is -0.309. The number of nitrogens with two attached hydrogens (primary N) is 1. The first-order chi connectivity index (χ1) is 11.6. The van der Waals surface area contributed by atoms with Crippen molar-refractivity contribution in [3.05, 3.63) is 35.4 Å². The monoisotopic (exact) mass is 330 g/mol. The molecule has 1 aliphatic carbocycles. The van der Waals surface area contributed by atoms with Gasteiger partial charge in [0.1, 0.15) is 0 Å². The van der Waals surface area contributed by atoms with Crippen LogP contribution in [-0.4, -0.2) is 40.5 Å². The second-order valence-corrected chi connectivity index (χ2v) is 7.02. The molecule has 2 fully saturated rings. The van der Waals surface area contributed by atoms with Gasteiger partial charge in [0.05, 0.1) is 6.10 Å². The molecular formula is C19H26N2O3. The van der Waals surface area contributed by atoms with Crippen LogP contribution < -0.4 is 5.73 Å². The van der Waals surface area contributed by atoms with Crippen molar-refractivity contribution in [2.24, 2.45) is 11.7 Å². The molecule has 2 aliphatic rings. The van der Waals surface area contributed by atoms with E-state index in [9.17, 15) is 14.7 Å². The van der Waals surface area contributed by atoms with Crippen molar-refractivity contribution in [3.8, 4) is 0 Å². The Morgan fingerprint density at radius 1 is 0.958 bits per heavy atom. The van der Waals surface area contributed by atoms with Crippen LogP contribution in [0.3, 0.4) is 0 Å². The molecular weight excluding hydrogens is 304 g/mol. The maximum absolute atomic E-state index is 13.0. The first-order valence-corrected chi connectivity index (χ1v) is 8.97. The van der Waals surface area contributed by atoms with Crippen LogP contribution >= 0.6 is 0 Å². The molecule has 1 aliphatic heterocycles. The molecule has 1 saturated carbocycles. The molecule has 5 heteroatoms. The predicted molar refractivity (Wildman–Crippen MR) is 91.6 cm³/mol. The molecule has 2 amide bonds. The fraction of sp³-hybridized carbons (Fsp3) is 0.579. The number of rotatable bonds is 3. The first kappa shape index (κ1) is 17.0. The molecule has 1 aromatic rings. The van der Waals surface area contributed by atoms with Crippen LogP contribution in [0.5, 0.6) is 0 Å². The molecule has 130 valence electrons. The third kappa shape index (κ3) is 3.46. The van der Waals surface area contributed by atoms with Crippen molar-refractivity contribution in [1.29, 1.82) is 0 Å². The summed E-state index contributed by atoms with van der Waals surface area (Å²) >= 11 is 0. The quantitative estimate of drug-likeness (QED) is 0.892. The van der Waals surface area contributed by atoms with Crippen LogP contribution in [0.1, 0.15) is 65.7 Å². The minimum Gasteiger partial charge on any atom is -0.393 e. The van der Waals surface area contributed by atoms with Crippen molar-refractivity contribution in [2.75, 3.05) is 6.54 Å². The van der Waals surface area contributed by atoms with Gasteiger partial charge in [0.2, 0.25) is 5.91 Å². The highest BCUT2D eigenvalue weighted by atomic mass is 16.3. The van der Waals surface area contributed by atoms with Gasteiger partial charge in [0.25, 0.3) is 5.91 Å². The summed E-state index contributed by atoms with van der Waals surface area (Å²) in [7, 11) is 0. The molecule has 3 atom stereocenters. The van der Waals surface area contributed by atoms with Crippen molar-refractivity contribution < 1.29 is 14.7 Å². The van der Waals surface area contributed by atoms with Crippen LogP contribution in [0, 0.1) is 5.92 Å². The Bertz CT molecular complexity index is 599. The summed E-state index contributed by atoms with van der Waals surface area (Å²) in [6.45, 7) is 0.740. The Morgan fingerprint density at radius 2 is 1.58 bits per heavy atom. The lowest BCUT2D eigenvalue weighted by atomic mass is 9.78. The molecule has 0 radical (unpaired) electrons. The third-order valence-corrected chi connectivity index (χ3v) is 5.50. The van der Waals surface area contributed by atoms with Crippen LogP contribution in [-0.2, 0) is 0 Å². The minimum absolute atomic E-state index is 0.00602. The molecule has 1 saturated heterocycles. The van der Waals surface area contributed by atoms with E-state index in [1.165, 1.54) is 0 Å². The van der Waals surface area contributed by atoms with Crippen molar-refractivity contribution in [3.63, 3.8) is 0 Å². The van der Waals surface area contributed by atoms with E-state index >= 15 is 0 Å².